The summed E-state index contributed by atoms with van der Waals surface area (Å²) in [7, 11) is 1.63. The van der Waals surface area contributed by atoms with E-state index in [0.29, 0.717) is 13.0 Å². The first kappa shape index (κ1) is 25.2. The first-order valence-corrected chi connectivity index (χ1v) is 13.1. The summed E-state index contributed by atoms with van der Waals surface area (Å²) in [4.78, 5) is 28.0. The molecule has 1 aliphatic rings. The molecule has 1 atom stereocenters. The standard InChI is InChI=1S/C27H36N2O3S/c1-21(27(31)28-24-13-7-4-8-14-24)29(19-23-12-9-15-25(18-23)32-2)26(30)16-17-33-20-22-10-5-3-6-11-22/h3,5-6,9-12,15,18,21,24H,4,7-8,13-14,16-17,19-20H2,1-2H3,(H,28,31). The Bertz CT molecular complexity index is 884. The quantitative estimate of drug-likeness (QED) is 0.462. The summed E-state index contributed by atoms with van der Waals surface area (Å²) in [6.07, 6.45) is 6.01. The lowest BCUT2D eigenvalue weighted by Gasteiger charge is -2.31. The minimum atomic E-state index is -0.523. The number of carbonyl (C=O) groups excluding carboxylic acids is 2. The summed E-state index contributed by atoms with van der Waals surface area (Å²) >= 11 is 1.74. The fourth-order valence-electron chi connectivity index (χ4n) is 4.19. The number of hydrogen-bond donors (Lipinski definition) is 1. The Balaban J connectivity index is 1.62. The predicted molar refractivity (Wildman–Crippen MR) is 135 cm³/mol. The third-order valence-corrected chi connectivity index (χ3v) is 7.21. The number of nitrogens with zero attached hydrogens (tertiary/aromatic N) is 1. The van der Waals surface area contributed by atoms with Crippen molar-refractivity contribution in [3.05, 3.63) is 65.7 Å². The molecule has 0 aliphatic heterocycles. The van der Waals surface area contributed by atoms with Gasteiger partial charge in [-0.1, -0.05) is 61.7 Å². The molecule has 2 aromatic carbocycles. The molecule has 3 rings (SSSR count). The summed E-state index contributed by atoms with van der Waals surface area (Å²) in [5.41, 5.74) is 2.21. The van der Waals surface area contributed by atoms with E-state index in [2.05, 4.69) is 17.4 Å². The topological polar surface area (TPSA) is 58.6 Å². The number of thioether (sulfide) groups is 1. The van der Waals surface area contributed by atoms with Crippen LogP contribution in [0, 0.1) is 0 Å². The van der Waals surface area contributed by atoms with Gasteiger partial charge in [0.1, 0.15) is 11.8 Å². The van der Waals surface area contributed by atoms with Crippen LogP contribution in [0.3, 0.4) is 0 Å². The van der Waals surface area contributed by atoms with E-state index in [4.69, 9.17) is 4.74 Å². The van der Waals surface area contributed by atoms with Crippen LogP contribution in [0.25, 0.3) is 0 Å². The van der Waals surface area contributed by atoms with Crippen molar-refractivity contribution in [2.45, 2.75) is 69.8 Å². The summed E-state index contributed by atoms with van der Waals surface area (Å²) in [5.74, 6) is 2.29. The number of rotatable bonds is 11. The minimum absolute atomic E-state index is 0.00433. The number of carbonyl (C=O) groups is 2. The first-order chi connectivity index (χ1) is 16.1. The number of nitrogens with one attached hydrogen (secondary N) is 1. The second-order valence-corrected chi connectivity index (χ2v) is 9.79. The second-order valence-electron chi connectivity index (χ2n) is 8.68. The average molecular weight is 469 g/mol. The molecule has 6 heteroatoms. The lowest BCUT2D eigenvalue weighted by atomic mass is 9.95. The lowest BCUT2D eigenvalue weighted by Crippen LogP contribution is -2.50. The van der Waals surface area contributed by atoms with Crippen LogP contribution in [0.15, 0.2) is 54.6 Å². The Morgan fingerprint density at radius 2 is 1.79 bits per heavy atom. The van der Waals surface area contributed by atoms with Crippen molar-refractivity contribution in [1.29, 1.82) is 0 Å². The molecule has 0 saturated heterocycles. The molecule has 1 saturated carbocycles. The third kappa shape index (κ3) is 8.11. The largest absolute Gasteiger partial charge is 0.497 e. The summed E-state index contributed by atoms with van der Waals surface area (Å²) in [6, 6.07) is 17.7. The molecule has 178 valence electrons. The highest BCUT2D eigenvalue weighted by Gasteiger charge is 2.28. The first-order valence-electron chi connectivity index (χ1n) is 11.9. The van der Waals surface area contributed by atoms with Gasteiger partial charge >= 0.3 is 0 Å². The molecule has 0 spiro atoms. The van der Waals surface area contributed by atoms with Crippen LogP contribution in [0.5, 0.6) is 5.75 Å². The SMILES string of the molecule is COc1cccc(CN(C(=O)CCSCc2ccccc2)C(C)C(=O)NC2CCCCC2)c1. The highest BCUT2D eigenvalue weighted by Crippen LogP contribution is 2.20. The van der Waals surface area contributed by atoms with E-state index >= 15 is 0 Å². The van der Waals surface area contributed by atoms with Gasteiger partial charge in [-0.05, 0) is 43.0 Å². The second kappa shape index (κ2) is 13.3. The monoisotopic (exact) mass is 468 g/mol. The fraction of sp³-hybridized carbons (Fsp3) is 0.481. The molecule has 1 aliphatic carbocycles. The maximum atomic E-state index is 13.3. The van der Waals surface area contributed by atoms with Gasteiger partial charge < -0.3 is 15.0 Å². The van der Waals surface area contributed by atoms with E-state index in [-0.39, 0.29) is 17.9 Å². The van der Waals surface area contributed by atoms with Crippen LogP contribution >= 0.6 is 11.8 Å². The molecule has 0 bridgehead atoms. The highest BCUT2D eigenvalue weighted by molar-refractivity contribution is 7.98. The Morgan fingerprint density at radius 3 is 2.52 bits per heavy atom. The van der Waals surface area contributed by atoms with Crippen LogP contribution in [-0.4, -0.2) is 41.7 Å². The number of hydrogen-bond acceptors (Lipinski definition) is 4. The van der Waals surface area contributed by atoms with Crippen LogP contribution in [0.2, 0.25) is 0 Å². The highest BCUT2D eigenvalue weighted by atomic mass is 32.2. The van der Waals surface area contributed by atoms with Gasteiger partial charge in [0.05, 0.1) is 7.11 Å². The molecule has 1 N–H and O–H groups in total. The van der Waals surface area contributed by atoms with Gasteiger partial charge in [-0.15, -0.1) is 0 Å². The van der Waals surface area contributed by atoms with Crippen molar-refractivity contribution >= 4 is 23.6 Å². The van der Waals surface area contributed by atoms with Crippen molar-refractivity contribution in [1.82, 2.24) is 10.2 Å². The van der Waals surface area contributed by atoms with Crippen LogP contribution in [-0.2, 0) is 21.9 Å². The van der Waals surface area contributed by atoms with Crippen molar-refractivity contribution in [2.75, 3.05) is 12.9 Å². The van der Waals surface area contributed by atoms with Crippen LogP contribution in [0.1, 0.15) is 56.6 Å². The zero-order chi connectivity index (χ0) is 23.5. The van der Waals surface area contributed by atoms with E-state index < -0.39 is 6.04 Å². The molecule has 2 amide bonds. The molecule has 33 heavy (non-hydrogen) atoms. The number of amides is 2. The number of ether oxygens (including phenoxy) is 1. The van der Waals surface area contributed by atoms with E-state index in [1.165, 1.54) is 12.0 Å². The molecule has 2 aromatic rings. The Labute approximate surface area is 202 Å². The Hall–Kier alpha value is -2.47. The molecule has 1 fully saturated rings. The Kier molecular flexibility index (Phi) is 10.1. The third-order valence-electron chi connectivity index (χ3n) is 6.18. The van der Waals surface area contributed by atoms with Gasteiger partial charge in [-0.25, -0.2) is 0 Å². The number of benzene rings is 2. The molecule has 0 heterocycles. The zero-order valence-electron chi connectivity index (χ0n) is 19.8. The van der Waals surface area contributed by atoms with Crippen LogP contribution in [0.4, 0.5) is 0 Å². The van der Waals surface area contributed by atoms with E-state index in [0.717, 1.165) is 48.5 Å². The molecule has 1 unspecified atom stereocenters. The maximum absolute atomic E-state index is 13.3. The van der Waals surface area contributed by atoms with Crippen LogP contribution < -0.4 is 10.1 Å². The maximum Gasteiger partial charge on any atom is 0.242 e. The zero-order valence-corrected chi connectivity index (χ0v) is 20.6. The molecule has 5 nitrogen and oxygen atoms in total. The molecule has 0 radical (unpaired) electrons. The van der Waals surface area contributed by atoms with Gasteiger partial charge in [0.25, 0.3) is 0 Å². The summed E-state index contributed by atoms with van der Waals surface area (Å²) in [6.45, 7) is 2.23. The van der Waals surface area contributed by atoms with Gasteiger partial charge in [-0.3, -0.25) is 9.59 Å². The van der Waals surface area contributed by atoms with Gasteiger partial charge in [0.2, 0.25) is 11.8 Å². The van der Waals surface area contributed by atoms with Gasteiger partial charge in [-0.2, -0.15) is 11.8 Å². The van der Waals surface area contributed by atoms with Crippen molar-refractivity contribution in [3.8, 4) is 5.75 Å². The minimum Gasteiger partial charge on any atom is -0.497 e. The van der Waals surface area contributed by atoms with E-state index in [1.807, 2.05) is 49.4 Å². The lowest BCUT2D eigenvalue weighted by molar-refractivity contribution is -0.140. The van der Waals surface area contributed by atoms with Gasteiger partial charge in [0, 0.05) is 30.5 Å². The summed E-state index contributed by atoms with van der Waals surface area (Å²) < 4.78 is 5.34. The van der Waals surface area contributed by atoms with E-state index in [1.54, 1.807) is 23.8 Å². The van der Waals surface area contributed by atoms with Gasteiger partial charge in [0.15, 0.2) is 0 Å². The summed E-state index contributed by atoms with van der Waals surface area (Å²) in [5, 5.41) is 3.19. The normalized spacial score (nSPS) is 15.0. The molecular formula is C27H36N2O3S. The fourth-order valence-corrected chi connectivity index (χ4v) is 5.08. The number of methoxy groups -OCH3 is 1. The van der Waals surface area contributed by atoms with Crippen molar-refractivity contribution < 1.29 is 14.3 Å². The predicted octanol–water partition coefficient (Wildman–Crippen LogP) is 5.18. The molecule has 0 aromatic heterocycles. The van der Waals surface area contributed by atoms with Crippen molar-refractivity contribution in [3.63, 3.8) is 0 Å². The Morgan fingerprint density at radius 1 is 1.06 bits per heavy atom. The average Bonchev–Trinajstić information content (AvgIpc) is 2.86. The smallest absolute Gasteiger partial charge is 0.242 e. The van der Waals surface area contributed by atoms with Crippen molar-refractivity contribution in [2.24, 2.45) is 0 Å². The van der Waals surface area contributed by atoms with E-state index in [9.17, 15) is 9.59 Å². The molecular weight excluding hydrogens is 432 g/mol.